The fraction of sp³-hybridized carbons (Fsp3) is 0.345. The van der Waals surface area contributed by atoms with E-state index in [1.807, 2.05) is 31.2 Å². The molecule has 0 unspecified atom stereocenters. The fourth-order valence-corrected chi connectivity index (χ4v) is 6.85. The molecule has 3 heterocycles. The largest absolute Gasteiger partial charge is 0.497 e. The molecule has 0 saturated heterocycles. The normalized spacial score (nSPS) is 13.6. The van der Waals surface area contributed by atoms with Gasteiger partial charge in [0.05, 0.1) is 30.5 Å². The number of aromatic nitrogens is 2. The highest BCUT2D eigenvalue weighted by Crippen LogP contribution is 2.35. The average molecular weight is 550 g/mol. The molecule has 198 valence electrons. The first-order chi connectivity index (χ1) is 18.4. The van der Waals surface area contributed by atoms with Crippen molar-refractivity contribution in [3.8, 4) is 17.2 Å². The maximum atomic E-state index is 14.1. The number of methoxy groups -OCH3 is 1. The van der Waals surface area contributed by atoms with Gasteiger partial charge in [-0.1, -0.05) is 11.8 Å². The summed E-state index contributed by atoms with van der Waals surface area (Å²) in [5, 5.41) is 1.21. The molecule has 1 aliphatic heterocycles. The van der Waals surface area contributed by atoms with Crippen molar-refractivity contribution in [2.75, 3.05) is 26.0 Å². The molecule has 1 aliphatic rings. The molecule has 0 amide bonds. The molecular formula is C29H31N3O4S2. The highest BCUT2D eigenvalue weighted by atomic mass is 32.2. The summed E-state index contributed by atoms with van der Waals surface area (Å²) in [5.74, 6) is 1.56. The minimum absolute atomic E-state index is 0.0386. The van der Waals surface area contributed by atoms with Crippen molar-refractivity contribution < 1.29 is 14.3 Å². The number of carbonyl (C=O) groups is 1. The molecule has 9 heteroatoms. The third-order valence-corrected chi connectivity index (χ3v) is 8.80. The summed E-state index contributed by atoms with van der Waals surface area (Å²) in [7, 11) is 1.59. The van der Waals surface area contributed by atoms with Gasteiger partial charge in [-0.2, -0.15) is 0 Å². The predicted molar refractivity (Wildman–Crippen MR) is 154 cm³/mol. The second-order valence-corrected chi connectivity index (χ2v) is 11.4. The van der Waals surface area contributed by atoms with Gasteiger partial charge in [0.15, 0.2) is 10.9 Å². The topological polar surface area (TPSA) is 73.7 Å². The Hall–Kier alpha value is -3.14. The SMILES string of the molecule is CCOc1ccc(-n2c(SCC(=O)c3ccc(OC)cc3)nc3sc4c(c3c2=O)CCN(C(C)C)C4)cc1. The van der Waals surface area contributed by atoms with Crippen LogP contribution in [0.1, 0.15) is 41.6 Å². The third-order valence-electron chi connectivity index (χ3n) is 6.75. The Morgan fingerprint density at radius 2 is 1.82 bits per heavy atom. The lowest BCUT2D eigenvalue weighted by atomic mass is 10.0. The lowest BCUT2D eigenvalue weighted by molar-refractivity contribution is 0.102. The van der Waals surface area contributed by atoms with Gasteiger partial charge in [0, 0.05) is 29.6 Å². The second-order valence-electron chi connectivity index (χ2n) is 9.40. The van der Waals surface area contributed by atoms with Gasteiger partial charge in [-0.05, 0) is 81.3 Å². The number of fused-ring (bicyclic) bond motifs is 3. The van der Waals surface area contributed by atoms with Crippen molar-refractivity contribution in [1.82, 2.24) is 14.5 Å². The summed E-state index contributed by atoms with van der Waals surface area (Å²) >= 11 is 2.88. The van der Waals surface area contributed by atoms with Gasteiger partial charge in [-0.15, -0.1) is 11.3 Å². The molecule has 38 heavy (non-hydrogen) atoms. The van der Waals surface area contributed by atoms with Gasteiger partial charge < -0.3 is 9.47 Å². The van der Waals surface area contributed by atoms with Crippen LogP contribution in [0.4, 0.5) is 0 Å². The zero-order valence-corrected chi connectivity index (χ0v) is 23.7. The highest BCUT2D eigenvalue weighted by Gasteiger charge is 2.27. The lowest BCUT2D eigenvalue weighted by Crippen LogP contribution is -2.35. The van der Waals surface area contributed by atoms with Crippen LogP contribution < -0.4 is 15.0 Å². The molecule has 0 fully saturated rings. The van der Waals surface area contributed by atoms with E-state index >= 15 is 0 Å². The number of hydrogen-bond donors (Lipinski definition) is 0. The van der Waals surface area contributed by atoms with Crippen molar-refractivity contribution in [3.05, 3.63) is 74.9 Å². The lowest BCUT2D eigenvalue weighted by Gasteiger charge is -2.30. The van der Waals surface area contributed by atoms with Gasteiger partial charge in [0.25, 0.3) is 5.56 Å². The minimum Gasteiger partial charge on any atom is -0.497 e. The number of thioether (sulfide) groups is 1. The molecule has 0 N–H and O–H groups in total. The first-order valence-corrected chi connectivity index (χ1v) is 14.5. The van der Waals surface area contributed by atoms with Crippen molar-refractivity contribution in [2.45, 2.75) is 44.9 Å². The Kier molecular flexibility index (Phi) is 7.88. The number of benzene rings is 2. The molecule has 0 bridgehead atoms. The maximum absolute atomic E-state index is 14.1. The monoisotopic (exact) mass is 549 g/mol. The van der Waals surface area contributed by atoms with Gasteiger partial charge in [0.2, 0.25) is 0 Å². The zero-order chi connectivity index (χ0) is 26.8. The van der Waals surface area contributed by atoms with Gasteiger partial charge in [-0.25, -0.2) is 4.98 Å². The second kappa shape index (κ2) is 11.3. The molecule has 4 aromatic rings. The molecule has 0 aliphatic carbocycles. The van der Waals surface area contributed by atoms with E-state index in [2.05, 4.69) is 18.7 Å². The maximum Gasteiger partial charge on any atom is 0.267 e. The van der Waals surface area contributed by atoms with Gasteiger partial charge in [-0.3, -0.25) is 19.1 Å². The van der Waals surface area contributed by atoms with Crippen molar-refractivity contribution in [2.24, 2.45) is 0 Å². The molecule has 5 rings (SSSR count). The number of rotatable bonds is 9. The van der Waals surface area contributed by atoms with Crippen LogP contribution in [0.3, 0.4) is 0 Å². The average Bonchev–Trinajstić information content (AvgIpc) is 3.30. The van der Waals surface area contributed by atoms with Crippen LogP contribution in [0, 0.1) is 0 Å². The summed E-state index contributed by atoms with van der Waals surface area (Å²) in [6, 6.07) is 15.0. The Balaban J connectivity index is 1.55. The smallest absolute Gasteiger partial charge is 0.267 e. The summed E-state index contributed by atoms with van der Waals surface area (Å²) in [5.41, 5.74) is 2.32. The molecule has 0 atom stereocenters. The van der Waals surface area contributed by atoms with E-state index in [1.54, 1.807) is 47.3 Å². The first kappa shape index (κ1) is 26.5. The number of ketones is 1. The fourth-order valence-electron chi connectivity index (χ4n) is 4.66. The van der Waals surface area contributed by atoms with E-state index in [-0.39, 0.29) is 17.1 Å². The number of carbonyl (C=O) groups excluding carboxylic acids is 1. The van der Waals surface area contributed by atoms with E-state index in [1.165, 1.54) is 16.6 Å². The molecule has 0 spiro atoms. The first-order valence-electron chi connectivity index (χ1n) is 12.7. The minimum atomic E-state index is -0.0888. The van der Waals surface area contributed by atoms with Crippen molar-refractivity contribution in [1.29, 1.82) is 0 Å². The van der Waals surface area contributed by atoms with E-state index in [0.29, 0.717) is 40.2 Å². The highest BCUT2D eigenvalue weighted by molar-refractivity contribution is 7.99. The van der Waals surface area contributed by atoms with Crippen LogP contribution in [0.5, 0.6) is 11.5 Å². The third kappa shape index (κ3) is 5.23. The van der Waals surface area contributed by atoms with E-state index in [0.717, 1.165) is 35.7 Å². The van der Waals surface area contributed by atoms with Crippen molar-refractivity contribution >= 4 is 39.1 Å². The number of thiophene rings is 1. The molecule has 2 aromatic heterocycles. The summed E-state index contributed by atoms with van der Waals surface area (Å²) in [6.07, 6.45) is 0.830. The summed E-state index contributed by atoms with van der Waals surface area (Å²) in [4.78, 5) is 36.4. The standard InChI is InChI=1S/C29H31N3O4S2/c1-5-36-22-12-8-20(9-13-22)32-28(34)26-23-14-15-31(18(2)3)16-25(23)38-27(26)30-29(32)37-17-24(33)19-6-10-21(35-4)11-7-19/h6-13,18H,5,14-17H2,1-4H3. The Bertz CT molecular complexity index is 1510. The molecule has 0 saturated carbocycles. The summed E-state index contributed by atoms with van der Waals surface area (Å²) < 4.78 is 12.4. The predicted octanol–water partition coefficient (Wildman–Crippen LogP) is 5.60. The number of ether oxygens (including phenoxy) is 2. The van der Waals surface area contributed by atoms with Crippen LogP contribution in [0.15, 0.2) is 58.5 Å². The number of hydrogen-bond acceptors (Lipinski definition) is 8. The number of Topliss-reactive ketones (excluding diaryl/α,β-unsaturated/α-hetero) is 1. The molecule has 0 radical (unpaired) electrons. The molecule has 7 nitrogen and oxygen atoms in total. The molecule has 2 aromatic carbocycles. The van der Waals surface area contributed by atoms with Crippen LogP contribution >= 0.6 is 23.1 Å². The quantitative estimate of drug-likeness (QED) is 0.153. The van der Waals surface area contributed by atoms with E-state index in [4.69, 9.17) is 14.5 Å². The van der Waals surface area contributed by atoms with Crippen LogP contribution in [-0.4, -0.2) is 52.3 Å². The zero-order valence-electron chi connectivity index (χ0n) is 22.0. The molecular weight excluding hydrogens is 518 g/mol. The van der Waals surface area contributed by atoms with E-state index in [9.17, 15) is 9.59 Å². The Morgan fingerprint density at radius 3 is 2.47 bits per heavy atom. The van der Waals surface area contributed by atoms with E-state index < -0.39 is 0 Å². The Morgan fingerprint density at radius 1 is 1.11 bits per heavy atom. The van der Waals surface area contributed by atoms with Crippen LogP contribution in [0.25, 0.3) is 15.9 Å². The van der Waals surface area contributed by atoms with Gasteiger partial charge in [0.1, 0.15) is 16.3 Å². The van der Waals surface area contributed by atoms with Crippen molar-refractivity contribution in [3.63, 3.8) is 0 Å². The van der Waals surface area contributed by atoms with Crippen LogP contribution in [-0.2, 0) is 13.0 Å². The Labute approximate surface area is 230 Å². The number of nitrogens with zero attached hydrogens (tertiary/aromatic N) is 3. The summed E-state index contributed by atoms with van der Waals surface area (Å²) in [6.45, 7) is 8.65. The van der Waals surface area contributed by atoms with Gasteiger partial charge >= 0.3 is 0 Å². The van der Waals surface area contributed by atoms with Crippen LogP contribution in [0.2, 0.25) is 0 Å².